The van der Waals surface area contributed by atoms with E-state index in [4.69, 9.17) is 0 Å². The molecule has 0 radical (unpaired) electrons. The summed E-state index contributed by atoms with van der Waals surface area (Å²) in [5.74, 6) is 0. The molecule has 0 nitrogen and oxygen atoms in total. The molecule has 2 unspecified atom stereocenters. The monoisotopic (exact) mass is 726 g/mol. The number of hydrogen-bond donors (Lipinski definition) is 0. The normalized spacial score (nSPS) is 11.1. The van der Waals surface area contributed by atoms with Crippen LogP contribution in [0, 0.1) is 31.5 Å². The smallest absolute Gasteiger partial charge is 0.105 e. The second-order valence-electron chi connectivity index (χ2n) is 6.86. The third kappa shape index (κ3) is 4.17. The SMILES string of the molecule is Bc1c(C)cc(C)c(-c2ccc(-c3c(P)c(P)c(C)c(I)c3I)cc2)c1I. The van der Waals surface area contributed by atoms with Crippen LogP contribution >= 0.6 is 86.3 Å². The minimum Gasteiger partial charge on any atom is -0.105 e. The third-order valence-electron chi connectivity index (χ3n) is 5.13. The zero-order valence-electron chi connectivity index (χ0n) is 15.7. The van der Waals surface area contributed by atoms with E-state index in [1.807, 2.05) is 0 Å². The van der Waals surface area contributed by atoms with Gasteiger partial charge in [0, 0.05) is 16.3 Å². The average Bonchev–Trinajstić information content (AvgIpc) is 2.64. The molecule has 0 aromatic heterocycles. The van der Waals surface area contributed by atoms with Gasteiger partial charge >= 0.3 is 0 Å². The quantitative estimate of drug-likeness (QED) is 0.198. The molecule has 138 valence electrons. The fraction of sp³-hybridized carbons (Fsp3) is 0.143. The number of rotatable bonds is 2. The number of halogens is 3. The predicted molar refractivity (Wildman–Crippen MR) is 157 cm³/mol. The summed E-state index contributed by atoms with van der Waals surface area (Å²) in [5, 5.41) is 2.55. The van der Waals surface area contributed by atoms with Gasteiger partial charge in [-0.1, -0.05) is 41.4 Å². The van der Waals surface area contributed by atoms with Crippen molar-refractivity contribution in [2.75, 3.05) is 0 Å². The van der Waals surface area contributed by atoms with Crippen LogP contribution in [0.2, 0.25) is 0 Å². The van der Waals surface area contributed by atoms with E-state index >= 15 is 0 Å². The molecule has 0 aliphatic heterocycles. The summed E-state index contributed by atoms with van der Waals surface area (Å²) in [6.07, 6.45) is 0. The molecule has 3 aromatic rings. The maximum Gasteiger partial charge on any atom is 0.141 e. The van der Waals surface area contributed by atoms with Crippen molar-refractivity contribution in [1.82, 2.24) is 0 Å². The van der Waals surface area contributed by atoms with E-state index in [1.165, 1.54) is 65.7 Å². The van der Waals surface area contributed by atoms with Crippen LogP contribution in [0.4, 0.5) is 0 Å². The highest BCUT2D eigenvalue weighted by molar-refractivity contribution is 14.1. The molecule has 0 aliphatic rings. The Morgan fingerprint density at radius 2 is 1.22 bits per heavy atom. The summed E-state index contributed by atoms with van der Waals surface area (Å²) in [4.78, 5) is 0. The first-order valence-corrected chi connectivity index (χ1v) is 12.9. The molecule has 0 bridgehead atoms. The Labute approximate surface area is 208 Å². The van der Waals surface area contributed by atoms with Crippen LogP contribution in [0.5, 0.6) is 0 Å². The minimum absolute atomic E-state index is 1.27. The van der Waals surface area contributed by atoms with Crippen LogP contribution in [0.3, 0.4) is 0 Å². The van der Waals surface area contributed by atoms with Crippen molar-refractivity contribution >= 4 is 110 Å². The molecule has 0 N–H and O–H groups in total. The van der Waals surface area contributed by atoms with Gasteiger partial charge < -0.3 is 0 Å². The van der Waals surface area contributed by atoms with Crippen molar-refractivity contribution in [2.45, 2.75) is 20.8 Å². The van der Waals surface area contributed by atoms with Crippen LogP contribution in [0.15, 0.2) is 30.3 Å². The summed E-state index contributed by atoms with van der Waals surface area (Å²) >= 11 is 7.44. The highest BCUT2D eigenvalue weighted by atomic mass is 127. The largest absolute Gasteiger partial charge is 0.141 e. The van der Waals surface area contributed by atoms with Gasteiger partial charge in [-0.25, -0.2) is 0 Å². The molecule has 6 heteroatoms. The van der Waals surface area contributed by atoms with Gasteiger partial charge in [0.1, 0.15) is 7.85 Å². The second-order valence-corrected chi connectivity index (χ2v) is 11.2. The van der Waals surface area contributed by atoms with E-state index in [1.54, 1.807) is 0 Å². The fourth-order valence-electron chi connectivity index (χ4n) is 3.33. The predicted octanol–water partition coefficient (Wildman–Crippen LogP) is 5.02. The van der Waals surface area contributed by atoms with E-state index < -0.39 is 0 Å². The number of hydrogen-bond acceptors (Lipinski definition) is 0. The van der Waals surface area contributed by atoms with Crippen LogP contribution < -0.4 is 16.1 Å². The highest BCUT2D eigenvalue weighted by Gasteiger charge is 2.17. The second kappa shape index (κ2) is 8.87. The molecule has 0 saturated heterocycles. The summed E-state index contributed by atoms with van der Waals surface area (Å²) < 4.78 is 4.02. The molecule has 0 fully saturated rings. The summed E-state index contributed by atoms with van der Waals surface area (Å²) in [6, 6.07) is 11.4. The summed E-state index contributed by atoms with van der Waals surface area (Å²) in [6.45, 7) is 6.60. The topological polar surface area (TPSA) is 0 Å². The highest BCUT2D eigenvalue weighted by Crippen LogP contribution is 2.34. The molecule has 27 heavy (non-hydrogen) atoms. The third-order valence-corrected chi connectivity index (χ3v) is 11.6. The molecule has 0 amide bonds. The standard InChI is InChI=1S/C21H20BI3P2/c1-9-8-10(2)16(22)18(24)14(9)12-4-6-13(7-5-12)15-19(25)17(23)11(3)20(26)21(15)27/h4-8H,22,26-27H2,1-3H3. The first-order valence-electron chi connectivity index (χ1n) is 8.54. The van der Waals surface area contributed by atoms with Gasteiger partial charge in [-0.3, -0.25) is 0 Å². The zero-order valence-corrected chi connectivity index (χ0v) is 24.5. The lowest BCUT2D eigenvalue weighted by atomic mass is 9.85. The van der Waals surface area contributed by atoms with Crippen molar-refractivity contribution in [1.29, 1.82) is 0 Å². The number of benzene rings is 3. The van der Waals surface area contributed by atoms with Gasteiger partial charge in [-0.05, 0) is 127 Å². The Balaban J connectivity index is 2.16. The molecule has 0 aliphatic carbocycles. The molecular weight excluding hydrogens is 706 g/mol. The molecule has 3 rings (SSSR count). The number of aryl methyl sites for hydroxylation is 2. The van der Waals surface area contributed by atoms with Gasteiger partial charge in [-0.15, -0.1) is 18.5 Å². The van der Waals surface area contributed by atoms with Crippen LogP contribution in [-0.2, 0) is 0 Å². The maximum atomic E-state index is 2.94. The van der Waals surface area contributed by atoms with E-state index in [-0.39, 0.29) is 0 Å². The minimum atomic E-state index is 1.27. The van der Waals surface area contributed by atoms with Gasteiger partial charge in [0.15, 0.2) is 0 Å². The van der Waals surface area contributed by atoms with Crippen molar-refractivity contribution in [2.24, 2.45) is 0 Å². The Morgan fingerprint density at radius 3 is 1.78 bits per heavy atom. The molecule has 2 atom stereocenters. The Hall–Kier alpha value is 0.775. The van der Waals surface area contributed by atoms with Gasteiger partial charge in [0.2, 0.25) is 0 Å². The molecule has 0 heterocycles. The maximum absolute atomic E-state index is 2.94. The Kier molecular flexibility index (Phi) is 7.38. The van der Waals surface area contributed by atoms with Crippen molar-refractivity contribution in [3.63, 3.8) is 0 Å². The summed E-state index contributed by atoms with van der Waals surface area (Å²) in [7, 11) is 8.06. The molecular formula is C21H20BI3P2. The molecule has 0 saturated carbocycles. The van der Waals surface area contributed by atoms with E-state index in [2.05, 4.69) is 145 Å². The van der Waals surface area contributed by atoms with Crippen molar-refractivity contribution in [3.8, 4) is 22.3 Å². The lowest BCUT2D eigenvalue weighted by Crippen LogP contribution is -2.20. The Morgan fingerprint density at radius 1 is 0.704 bits per heavy atom. The van der Waals surface area contributed by atoms with E-state index in [0.29, 0.717) is 0 Å². The van der Waals surface area contributed by atoms with Crippen LogP contribution in [0.1, 0.15) is 16.7 Å². The average molecular weight is 726 g/mol. The lowest BCUT2D eigenvalue weighted by molar-refractivity contribution is 1.39. The first kappa shape index (κ1) is 22.5. The Bertz CT molecular complexity index is 1030. The first-order chi connectivity index (χ1) is 12.6. The van der Waals surface area contributed by atoms with Crippen LogP contribution in [0.25, 0.3) is 22.3 Å². The van der Waals surface area contributed by atoms with Crippen molar-refractivity contribution < 1.29 is 0 Å². The zero-order chi connectivity index (χ0) is 20.0. The molecule has 0 spiro atoms. The van der Waals surface area contributed by atoms with Gasteiger partial charge in [0.25, 0.3) is 0 Å². The van der Waals surface area contributed by atoms with Gasteiger partial charge in [-0.2, -0.15) is 0 Å². The molecule has 3 aromatic carbocycles. The van der Waals surface area contributed by atoms with Gasteiger partial charge in [0.05, 0.1) is 0 Å². The van der Waals surface area contributed by atoms with E-state index in [9.17, 15) is 0 Å². The summed E-state index contributed by atoms with van der Waals surface area (Å²) in [5.41, 5.74) is 10.7. The fourth-order valence-corrected chi connectivity index (χ4v) is 7.46. The van der Waals surface area contributed by atoms with Crippen molar-refractivity contribution in [3.05, 3.63) is 57.7 Å². The van der Waals surface area contributed by atoms with Crippen LogP contribution in [-0.4, -0.2) is 7.85 Å². The van der Waals surface area contributed by atoms with E-state index in [0.717, 1.165) is 0 Å². The lowest BCUT2D eigenvalue weighted by Gasteiger charge is -2.18.